The molecule has 1 fully saturated rings. The van der Waals surface area contributed by atoms with Gasteiger partial charge in [0.05, 0.1) is 18.6 Å². The van der Waals surface area contributed by atoms with Crippen LogP contribution in [0.3, 0.4) is 0 Å². The Morgan fingerprint density at radius 1 is 1.06 bits per heavy atom. The average Bonchev–Trinajstić information content (AvgIpc) is 3.05. The van der Waals surface area contributed by atoms with Crippen LogP contribution in [0.2, 0.25) is 0 Å². The first-order valence-corrected chi connectivity index (χ1v) is 10.4. The lowest BCUT2D eigenvalue weighted by atomic mass is 10.0. The molecule has 6 heteroatoms. The lowest BCUT2D eigenvalue weighted by Crippen LogP contribution is -2.27. The number of amides is 2. The van der Waals surface area contributed by atoms with Crippen molar-refractivity contribution in [1.29, 1.82) is 0 Å². The molecule has 3 aromatic rings. The summed E-state index contributed by atoms with van der Waals surface area (Å²) in [7, 11) is 1.53. The number of nitrogens with zero attached hydrogens (tertiary/aromatic N) is 1. The minimum atomic E-state index is -0.311. The Hall–Kier alpha value is -3.69. The van der Waals surface area contributed by atoms with E-state index in [0.29, 0.717) is 16.4 Å². The van der Waals surface area contributed by atoms with Crippen LogP contribution in [0.5, 0.6) is 11.5 Å². The lowest BCUT2D eigenvalue weighted by molar-refractivity contribution is -0.123. The maximum atomic E-state index is 13.0. The molecule has 0 saturated carbocycles. The average molecular weight is 429 g/mol. The molecular formula is C25H19NO4S. The number of benzene rings is 3. The molecule has 5 nitrogen and oxygen atoms in total. The molecule has 1 heterocycles. The predicted octanol–water partition coefficient (Wildman–Crippen LogP) is 5.10. The summed E-state index contributed by atoms with van der Waals surface area (Å²) in [5.41, 5.74) is 1.65. The zero-order valence-electron chi connectivity index (χ0n) is 16.8. The van der Waals surface area contributed by atoms with Gasteiger partial charge in [-0.15, -0.1) is 6.42 Å². The first-order chi connectivity index (χ1) is 15.1. The summed E-state index contributed by atoms with van der Waals surface area (Å²) in [4.78, 5) is 27.2. The van der Waals surface area contributed by atoms with Gasteiger partial charge < -0.3 is 9.47 Å². The Labute approximate surface area is 184 Å². The van der Waals surface area contributed by atoms with Crippen molar-refractivity contribution in [3.05, 3.63) is 76.7 Å². The topological polar surface area (TPSA) is 55.8 Å². The highest BCUT2D eigenvalue weighted by Gasteiger charge is 2.35. The Kier molecular flexibility index (Phi) is 5.96. The quantitative estimate of drug-likeness (QED) is 0.403. The lowest BCUT2D eigenvalue weighted by Gasteiger charge is -2.14. The number of carbonyl (C=O) groups is 2. The van der Waals surface area contributed by atoms with Crippen molar-refractivity contribution in [1.82, 2.24) is 4.90 Å². The molecule has 4 rings (SSSR count). The largest absolute Gasteiger partial charge is 0.493 e. The third kappa shape index (κ3) is 4.27. The zero-order valence-corrected chi connectivity index (χ0v) is 17.6. The van der Waals surface area contributed by atoms with Gasteiger partial charge in [0.1, 0.15) is 6.61 Å². The van der Waals surface area contributed by atoms with Crippen molar-refractivity contribution in [2.75, 3.05) is 13.7 Å². The molecule has 0 aliphatic carbocycles. The molecule has 154 valence electrons. The number of terminal acetylenes is 1. The molecule has 3 aromatic carbocycles. The second kappa shape index (κ2) is 8.99. The van der Waals surface area contributed by atoms with Gasteiger partial charge in [-0.05, 0) is 51.9 Å². The highest BCUT2D eigenvalue weighted by atomic mass is 32.2. The van der Waals surface area contributed by atoms with Gasteiger partial charge in [-0.25, -0.2) is 0 Å². The number of fused-ring (bicyclic) bond motifs is 1. The number of thioether (sulfide) groups is 1. The van der Waals surface area contributed by atoms with Crippen molar-refractivity contribution in [3.8, 4) is 23.8 Å². The Balaban J connectivity index is 1.58. The van der Waals surface area contributed by atoms with Gasteiger partial charge in [0.25, 0.3) is 11.1 Å². The van der Waals surface area contributed by atoms with Gasteiger partial charge in [0, 0.05) is 0 Å². The van der Waals surface area contributed by atoms with Crippen LogP contribution >= 0.6 is 11.8 Å². The second-order valence-corrected chi connectivity index (χ2v) is 7.80. The molecule has 0 bridgehead atoms. The molecule has 0 N–H and O–H groups in total. The summed E-state index contributed by atoms with van der Waals surface area (Å²) in [6.07, 6.45) is 6.91. The number of carbonyl (C=O) groups excluding carboxylic acids is 2. The van der Waals surface area contributed by atoms with Crippen LogP contribution in [0.4, 0.5) is 4.79 Å². The van der Waals surface area contributed by atoms with E-state index in [9.17, 15) is 9.59 Å². The van der Waals surface area contributed by atoms with Crippen LogP contribution < -0.4 is 9.47 Å². The molecule has 1 aliphatic rings. The van der Waals surface area contributed by atoms with Gasteiger partial charge in [-0.2, -0.15) is 0 Å². The number of hydrogen-bond acceptors (Lipinski definition) is 5. The number of imide groups is 1. The van der Waals surface area contributed by atoms with Crippen molar-refractivity contribution in [2.45, 2.75) is 6.54 Å². The van der Waals surface area contributed by atoms with Crippen molar-refractivity contribution >= 4 is 39.8 Å². The van der Waals surface area contributed by atoms with E-state index in [2.05, 4.69) is 5.92 Å². The highest BCUT2D eigenvalue weighted by molar-refractivity contribution is 8.18. The summed E-state index contributed by atoms with van der Waals surface area (Å²) in [5, 5.41) is 1.81. The molecule has 1 saturated heterocycles. The van der Waals surface area contributed by atoms with E-state index in [4.69, 9.17) is 15.9 Å². The van der Waals surface area contributed by atoms with E-state index in [1.807, 2.05) is 42.5 Å². The van der Waals surface area contributed by atoms with Crippen LogP contribution in [0.15, 0.2) is 65.6 Å². The summed E-state index contributed by atoms with van der Waals surface area (Å²) >= 11 is 0.933. The van der Waals surface area contributed by atoms with E-state index in [1.165, 1.54) is 12.0 Å². The van der Waals surface area contributed by atoms with E-state index >= 15 is 0 Å². The van der Waals surface area contributed by atoms with Crippen LogP contribution in [0, 0.1) is 12.3 Å². The zero-order chi connectivity index (χ0) is 21.8. The summed E-state index contributed by atoms with van der Waals surface area (Å²) in [6, 6.07) is 19.1. The number of hydrogen-bond donors (Lipinski definition) is 0. The van der Waals surface area contributed by atoms with E-state index < -0.39 is 0 Å². The maximum Gasteiger partial charge on any atom is 0.293 e. The minimum absolute atomic E-state index is 0.128. The van der Waals surface area contributed by atoms with Crippen LogP contribution in [-0.4, -0.2) is 29.8 Å². The number of rotatable bonds is 6. The first kappa shape index (κ1) is 20.6. The van der Waals surface area contributed by atoms with Crippen LogP contribution in [0.25, 0.3) is 16.8 Å². The molecule has 2 amide bonds. The highest BCUT2D eigenvalue weighted by Crippen LogP contribution is 2.36. The summed E-state index contributed by atoms with van der Waals surface area (Å²) in [5.74, 6) is 3.11. The number of ether oxygens (including phenoxy) is 2. The van der Waals surface area contributed by atoms with Crippen molar-refractivity contribution < 1.29 is 19.1 Å². The van der Waals surface area contributed by atoms with Crippen LogP contribution in [0.1, 0.15) is 11.1 Å². The van der Waals surface area contributed by atoms with Crippen LogP contribution in [-0.2, 0) is 11.3 Å². The van der Waals surface area contributed by atoms with E-state index in [0.717, 1.165) is 33.7 Å². The molecule has 31 heavy (non-hydrogen) atoms. The van der Waals surface area contributed by atoms with Crippen molar-refractivity contribution in [2.24, 2.45) is 0 Å². The van der Waals surface area contributed by atoms with Gasteiger partial charge >= 0.3 is 0 Å². The fourth-order valence-electron chi connectivity index (χ4n) is 3.40. The van der Waals surface area contributed by atoms with E-state index in [1.54, 1.807) is 24.3 Å². The van der Waals surface area contributed by atoms with Gasteiger partial charge in [-0.1, -0.05) is 54.5 Å². The third-order valence-electron chi connectivity index (χ3n) is 4.88. The summed E-state index contributed by atoms with van der Waals surface area (Å²) in [6.45, 7) is 0.355. The molecule has 0 unspecified atom stereocenters. The number of methoxy groups -OCH3 is 1. The second-order valence-electron chi connectivity index (χ2n) is 6.81. The maximum absolute atomic E-state index is 13.0. The Morgan fingerprint density at radius 3 is 2.68 bits per heavy atom. The Bertz CT molecular complexity index is 1240. The first-order valence-electron chi connectivity index (χ1n) is 9.57. The SMILES string of the molecule is C#CCOc1ccc(/C=C2/SC(=O)N(Cc3cccc4ccccc34)C2=O)cc1OC. The molecule has 0 spiro atoms. The minimum Gasteiger partial charge on any atom is -0.493 e. The smallest absolute Gasteiger partial charge is 0.293 e. The fourth-order valence-corrected chi connectivity index (χ4v) is 4.24. The monoisotopic (exact) mass is 429 g/mol. The van der Waals surface area contributed by atoms with Gasteiger partial charge in [0.2, 0.25) is 0 Å². The molecule has 0 atom stereocenters. The third-order valence-corrected chi connectivity index (χ3v) is 5.79. The Morgan fingerprint density at radius 2 is 1.87 bits per heavy atom. The molecule has 0 aromatic heterocycles. The van der Waals surface area contributed by atoms with Gasteiger partial charge in [0.15, 0.2) is 11.5 Å². The summed E-state index contributed by atoms with van der Waals surface area (Å²) < 4.78 is 10.8. The normalized spacial score (nSPS) is 14.8. The van der Waals surface area contributed by atoms with Gasteiger partial charge in [-0.3, -0.25) is 14.5 Å². The van der Waals surface area contributed by atoms with Crippen molar-refractivity contribution in [3.63, 3.8) is 0 Å². The predicted molar refractivity (Wildman–Crippen MR) is 123 cm³/mol. The molecule has 1 aliphatic heterocycles. The standard InChI is InChI=1S/C25H19NO4S/c1-3-13-30-21-12-11-17(14-22(21)29-2)15-23-24(27)26(25(28)31-23)16-19-9-6-8-18-7-4-5-10-20(18)19/h1,4-12,14-15H,13,16H2,2H3/b23-15+. The van der Waals surface area contributed by atoms with E-state index in [-0.39, 0.29) is 24.3 Å². The molecular weight excluding hydrogens is 410 g/mol. The molecule has 0 radical (unpaired) electrons. The fraction of sp³-hybridized carbons (Fsp3) is 0.120.